The number of H-pyrrole nitrogens is 1. The number of amides is 1. The Morgan fingerprint density at radius 1 is 1.19 bits per heavy atom. The van der Waals surface area contributed by atoms with Crippen LogP contribution >= 0.6 is 0 Å². The lowest BCUT2D eigenvalue weighted by atomic mass is 9.83. The fourth-order valence-electron chi connectivity index (χ4n) is 5.06. The van der Waals surface area contributed by atoms with E-state index in [0.29, 0.717) is 18.2 Å². The van der Waals surface area contributed by atoms with Gasteiger partial charge < -0.3 is 15.2 Å². The molecule has 0 aromatic carbocycles. The molecule has 0 radical (unpaired) electrons. The molecule has 1 saturated carbocycles. The fourth-order valence-corrected chi connectivity index (χ4v) is 5.06. The summed E-state index contributed by atoms with van der Waals surface area (Å²) in [6.07, 6.45) is 12.7. The smallest absolute Gasteiger partial charge is 0.222 e. The van der Waals surface area contributed by atoms with E-state index in [9.17, 15) is 9.18 Å². The van der Waals surface area contributed by atoms with Gasteiger partial charge in [-0.1, -0.05) is 6.42 Å². The second kappa shape index (κ2) is 9.22. The van der Waals surface area contributed by atoms with Crippen molar-refractivity contribution in [1.29, 1.82) is 0 Å². The second-order valence-electron chi connectivity index (χ2n) is 9.01. The maximum absolute atomic E-state index is 14.6. The molecule has 1 unspecified atom stereocenters. The SMILES string of the molecule is O=C(C[C@@H]1CCCC(Nc2nc(-c3c[nH]c4ncccc34)ncc2F)C1)N1CCCCC1. The lowest BCUT2D eigenvalue weighted by Crippen LogP contribution is -2.38. The summed E-state index contributed by atoms with van der Waals surface area (Å²) in [6.45, 7) is 1.79. The molecule has 4 heterocycles. The number of carbonyl (C=O) groups is 1. The van der Waals surface area contributed by atoms with Crippen molar-refractivity contribution in [2.75, 3.05) is 18.4 Å². The van der Waals surface area contributed by atoms with Gasteiger partial charge in [-0.2, -0.15) is 0 Å². The van der Waals surface area contributed by atoms with Gasteiger partial charge in [0.15, 0.2) is 17.5 Å². The van der Waals surface area contributed by atoms with Gasteiger partial charge in [-0.3, -0.25) is 4.79 Å². The molecule has 2 fully saturated rings. The molecule has 1 aliphatic carbocycles. The number of nitrogens with one attached hydrogen (secondary N) is 2. The third-order valence-electron chi connectivity index (χ3n) is 6.73. The van der Waals surface area contributed by atoms with Gasteiger partial charge in [0.05, 0.1) is 6.20 Å². The van der Waals surface area contributed by atoms with Crippen molar-refractivity contribution in [3.05, 3.63) is 36.5 Å². The molecule has 1 aliphatic heterocycles. The molecular formula is C24H29FN6O. The quantitative estimate of drug-likeness (QED) is 0.614. The molecule has 3 aromatic heterocycles. The molecule has 1 saturated heterocycles. The lowest BCUT2D eigenvalue weighted by molar-refractivity contribution is -0.133. The number of aromatic amines is 1. The Morgan fingerprint density at radius 3 is 2.94 bits per heavy atom. The average molecular weight is 437 g/mol. The van der Waals surface area contributed by atoms with E-state index in [0.717, 1.165) is 68.2 Å². The number of hydrogen-bond acceptors (Lipinski definition) is 5. The zero-order valence-electron chi connectivity index (χ0n) is 18.2. The van der Waals surface area contributed by atoms with Crippen LogP contribution in [0.1, 0.15) is 51.4 Å². The molecule has 2 aliphatic rings. The highest BCUT2D eigenvalue weighted by Gasteiger charge is 2.27. The first-order valence-corrected chi connectivity index (χ1v) is 11.7. The number of aromatic nitrogens is 4. The van der Waals surface area contributed by atoms with Gasteiger partial charge in [0, 0.05) is 48.9 Å². The Kier molecular flexibility index (Phi) is 6.01. The Hall–Kier alpha value is -3.03. The number of likely N-dealkylation sites (tertiary alicyclic amines) is 1. The monoisotopic (exact) mass is 436 g/mol. The van der Waals surface area contributed by atoms with E-state index < -0.39 is 5.82 Å². The Bertz CT molecular complexity index is 1090. The van der Waals surface area contributed by atoms with E-state index >= 15 is 0 Å². The Morgan fingerprint density at radius 2 is 2.06 bits per heavy atom. The van der Waals surface area contributed by atoms with Crippen LogP contribution in [0.15, 0.2) is 30.7 Å². The van der Waals surface area contributed by atoms with Crippen LogP contribution < -0.4 is 5.32 Å². The van der Waals surface area contributed by atoms with Crippen molar-refractivity contribution >= 4 is 22.8 Å². The number of halogens is 1. The van der Waals surface area contributed by atoms with Crippen LogP contribution in [-0.2, 0) is 4.79 Å². The van der Waals surface area contributed by atoms with E-state index in [1.807, 2.05) is 17.0 Å². The number of fused-ring (bicyclic) bond motifs is 1. The van der Waals surface area contributed by atoms with Gasteiger partial charge >= 0.3 is 0 Å². The van der Waals surface area contributed by atoms with E-state index in [4.69, 9.17) is 0 Å². The molecule has 5 rings (SSSR count). The van der Waals surface area contributed by atoms with Crippen LogP contribution in [0.5, 0.6) is 0 Å². The molecule has 7 nitrogen and oxygen atoms in total. The van der Waals surface area contributed by atoms with Crippen LogP contribution in [0.2, 0.25) is 0 Å². The van der Waals surface area contributed by atoms with E-state index in [1.54, 1.807) is 12.4 Å². The summed E-state index contributed by atoms with van der Waals surface area (Å²) in [7, 11) is 0. The van der Waals surface area contributed by atoms with Crippen LogP contribution in [0.25, 0.3) is 22.4 Å². The van der Waals surface area contributed by atoms with Crippen LogP contribution in [0.3, 0.4) is 0 Å². The molecule has 2 atom stereocenters. The Balaban J connectivity index is 1.27. The number of hydrogen-bond donors (Lipinski definition) is 2. The number of anilines is 1. The molecular weight excluding hydrogens is 407 g/mol. The predicted molar refractivity (Wildman–Crippen MR) is 121 cm³/mol. The number of rotatable bonds is 5. The first kappa shape index (κ1) is 20.8. The maximum atomic E-state index is 14.6. The third-order valence-corrected chi connectivity index (χ3v) is 6.73. The minimum atomic E-state index is -0.460. The van der Waals surface area contributed by atoms with Crippen molar-refractivity contribution in [2.45, 2.75) is 57.4 Å². The van der Waals surface area contributed by atoms with E-state index in [2.05, 4.69) is 25.3 Å². The summed E-state index contributed by atoms with van der Waals surface area (Å²) in [5.74, 6) is 0.832. The summed E-state index contributed by atoms with van der Waals surface area (Å²) in [5.41, 5.74) is 1.54. The minimum absolute atomic E-state index is 0.102. The molecule has 32 heavy (non-hydrogen) atoms. The molecule has 1 amide bonds. The van der Waals surface area contributed by atoms with Crippen LogP contribution in [0.4, 0.5) is 10.2 Å². The highest BCUT2D eigenvalue weighted by molar-refractivity contribution is 5.91. The van der Waals surface area contributed by atoms with Crippen molar-refractivity contribution < 1.29 is 9.18 Å². The molecule has 0 bridgehead atoms. The zero-order valence-corrected chi connectivity index (χ0v) is 18.2. The zero-order chi connectivity index (χ0) is 21.9. The summed E-state index contributed by atoms with van der Waals surface area (Å²) in [6, 6.07) is 3.90. The largest absolute Gasteiger partial charge is 0.365 e. The first-order chi connectivity index (χ1) is 15.7. The van der Waals surface area contributed by atoms with Crippen molar-refractivity contribution in [1.82, 2.24) is 24.8 Å². The number of nitrogens with zero attached hydrogens (tertiary/aromatic N) is 4. The predicted octanol–water partition coefficient (Wildman–Crippen LogP) is 4.53. The second-order valence-corrected chi connectivity index (χ2v) is 9.01. The number of piperidine rings is 1. The van der Waals surface area contributed by atoms with Gasteiger partial charge in [-0.25, -0.2) is 19.3 Å². The summed E-state index contributed by atoms with van der Waals surface area (Å²) in [5, 5.41) is 4.21. The highest BCUT2D eigenvalue weighted by atomic mass is 19.1. The van der Waals surface area contributed by atoms with Crippen molar-refractivity contribution in [3.8, 4) is 11.4 Å². The van der Waals surface area contributed by atoms with Crippen molar-refractivity contribution in [2.24, 2.45) is 5.92 Å². The van der Waals surface area contributed by atoms with Gasteiger partial charge in [0.1, 0.15) is 5.65 Å². The summed E-state index contributed by atoms with van der Waals surface area (Å²) in [4.78, 5) is 30.8. The van der Waals surface area contributed by atoms with Gasteiger partial charge in [-0.15, -0.1) is 0 Å². The first-order valence-electron chi connectivity index (χ1n) is 11.7. The average Bonchev–Trinajstić information content (AvgIpc) is 3.26. The van der Waals surface area contributed by atoms with Gasteiger partial charge in [0.2, 0.25) is 5.91 Å². The van der Waals surface area contributed by atoms with Crippen LogP contribution in [0, 0.1) is 11.7 Å². The topological polar surface area (TPSA) is 86.8 Å². The highest BCUT2D eigenvalue weighted by Crippen LogP contribution is 2.31. The molecule has 168 valence electrons. The van der Waals surface area contributed by atoms with E-state index in [-0.39, 0.29) is 17.8 Å². The minimum Gasteiger partial charge on any atom is -0.365 e. The van der Waals surface area contributed by atoms with Crippen LogP contribution in [-0.4, -0.2) is 49.9 Å². The molecule has 3 aromatic rings. The fraction of sp³-hybridized carbons (Fsp3) is 0.500. The van der Waals surface area contributed by atoms with E-state index in [1.165, 1.54) is 12.6 Å². The van der Waals surface area contributed by atoms with Gasteiger partial charge in [-0.05, 0) is 56.6 Å². The lowest BCUT2D eigenvalue weighted by Gasteiger charge is -2.32. The number of pyridine rings is 1. The Labute approximate surface area is 186 Å². The maximum Gasteiger partial charge on any atom is 0.222 e. The molecule has 8 heteroatoms. The standard InChI is InChI=1S/C24H29FN6O/c25-20-15-28-23(19-14-27-22-18(19)8-5-9-26-22)30-24(20)29-17-7-4-6-16(12-17)13-21(32)31-10-2-1-3-11-31/h5,8-9,14-17H,1-4,6-7,10-13H2,(H,26,27)(H,28,29,30)/t16-,17?/m1/s1. The molecule has 0 spiro atoms. The van der Waals surface area contributed by atoms with Crippen molar-refractivity contribution in [3.63, 3.8) is 0 Å². The van der Waals surface area contributed by atoms with Gasteiger partial charge in [0.25, 0.3) is 0 Å². The summed E-state index contributed by atoms with van der Waals surface area (Å²) < 4.78 is 14.6. The molecule has 2 N–H and O–H groups in total. The third kappa shape index (κ3) is 4.45. The summed E-state index contributed by atoms with van der Waals surface area (Å²) >= 11 is 0. The normalized spacial score (nSPS) is 21.6. The number of carbonyl (C=O) groups excluding carboxylic acids is 1.